The van der Waals surface area contributed by atoms with Crippen molar-refractivity contribution in [1.29, 1.82) is 0 Å². The molecule has 0 spiro atoms. The number of hydrogen-bond acceptors (Lipinski definition) is 6. The summed E-state index contributed by atoms with van der Waals surface area (Å²) >= 11 is 0. The Hall–Kier alpha value is -1.14. The topological polar surface area (TPSA) is 71.1 Å². The Morgan fingerprint density at radius 3 is 1.54 bits per heavy atom. The molecule has 0 aliphatic carbocycles. The van der Waals surface area contributed by atoms with Crippen molar-refractivity contribution in [2.75, 3.05) is 26.4 Å². The van der Waals surface area contributed by atoms with Crippen LogP contribution >= 0.6 is 0 Å². The van der Waals surface area contributed by atoms with E-state index in [1.54, 1.807) is 0 Å². The fourth-order valence-corrected chi connectivity index (χ4v) is 3.29. The first-order valence-corrected chi connectivity index (χ1v) is 11.2. The second-order valence-electron chi connectivity index (χ2n) is 7.50. The van der Waals surface area contributed by atoms with Gasteiger partial charge in [0.05, 0.1) is 25.4 Å². The third-order valence-corrected chi connectivity index (χ3v) is 4.82. The van der Waals surface area contributed by atoms with Crippen molar-refractivity contribution >= 4 is 11.9 Å². The number of esters is 2. The Bertz CT molecular complexity index is 362. The van der Waals surface area contributed by atoms with Gasteiger partial charge in [-0.3, -0.25) is 9.59 Å². The van der Waals surface area contributed by atoms with Crippen LogP contribution in [-0.4, -0.2) is 50.6 Å². The molecular weight excluding hydrogens is 360 g/mol. The molecule has 2 aliphatic heterocycles. The second kappa shape index (κ2) is 16.8. The summed E-state index contributed by atoms with van der Waals surface area (Å²) < 4.78 is 21.0. The molecule has 0 aromatic heterocycles. The average molecular weight is 401 g/mol. The third-order valence-electron chi connectivity index (χ3n) is 4.82. The number of rotatable bonds is 12. The quantitative estimate of drug-likeness (QED) is 0.353. The van der Waals surface area contributed by atoms with Crippen molar-refractivity contribution in [3.05, 3.63) is 0 Å². The molecule has 2 fully saturated rings. The molecule has 6 heteroatoms. The SMILES string of the molecule is CCCC(=O)OCCCC1CCCO1.CCCC(=O)OCCCC1CCCO1. The first kappa shape index (κ1) is 24.9. The van der Waals surface area contributed by atoms with Crippen LogP contribution in [0.4, 0.5) is 0 Å². The van der Waals surface area contributed by atoms with Crippen LogP contribution in [-0.2, 0) is 28.5 Å². The summed E-state index contributed by atoms with van der Waals surface area (Å²) in [5.41, 5.74) is 0. The standard InChI is InChI=1S/2C11H20O3/c2*1-2-5-11(12)14-9-4-7-10-6-3-8-13-10/h2*10H,2-9H2,1H3. The first-order chi connectivity index (χ1) is 13.7. The van der Waals surface area contributed by atoms with Crippen molar-refractivity contribution in [3.8, 4) is 0 Å². The van der Waals surface area contributed by atoms with Gasteiger partial charge in [0.25, 0.3) is 0 Å². The molecule has 0 radical (unpaired) electrons. The van der Waals surface area contributed by atoms with Gasteiger partial charge >= 0.3 is 11.9 Å². The average Bonchev–Trinajstić information content (AvgIpc) is 3.37. The molecule has 0 aromatic rings. The van der Waals surface area contributed by atoms with E-state index >= 15 is 0 Å². The lowest BCUT2D eigenvalue weighted by Crippen LogP contribution is -2.09. The van der Waals surface area contributed by atoms with Crippen LogP contribution < -0.4 is 0 Å². The van der Waals surface area contributed by atoms with Crippen LogP contribution in [0.15, 0.2) is 0 Å². The van der Waals surface area contributed by atoms with Crippen LogP contribution in [0.2, 0.25) is 0 Å². The number of ether oxygens (including phenoxy) is 4. The molecule has 2 saturated heterocycles. The summed E-state index contributed by atoms with van der Waals surface area (Å²) in [6.07, 6.45) is 12.3. The zero-order valence-corrected chi connectivity index (χ0v) is 17.9. The number of hydrogen-bond donors (Lipinski definition) is 0. The van der Waals surface area contributed by atoms with Gasteiger partial charge in [-0.25, -0.2) is 0 Å². The minimum atomic E-state index is -0.0696. The molecule has 2 atom stereocenters. The van der Waals surface area contributed by atoms with Crippen LogP contribution in [0.25, 0.3) is 0 Å². The normalized spacial score (nSPS) is 21.1. The number of carbonyl (C=O) groups excluding carboxylic acids is 2. The highest BCUT2D eigenvalue weighted by molar-refractivity contribution is 5.69. The molecule has 164 valence electrons. The van der Waals surface area contributed by atoms with Gasteiger partial charge in [0.1, 0.15) is 0 Å². The van der Waals surface area contributed by atoms with Gasteiger partial charge in [0.15, 0.2) is 0 Å². The van der Waals surface area contributed by atoms with Crippen LogP contribution in [0.1, 0.15) is 90.9 Å². The number of carbonyl (C=O) groups is 2. The van der Waals surface area contributed by atoms with E-state index in [1.807, 2.05) is 13.8 Å². The molecule has 0 saturated carbocycles. The highest BCUT2D eigenvalue weighted by Gasteiger charge is 2.15. The largest absolute Gasteiger partial charge is 0.466 e. The summed E-state index contributed by atoms with van der Waals surface area (Å²) in [6.45, 7) is 6.87. The molecule has 2 heterocycles. The Balaban J connectivity index is 0.000000280. The van der Waals surface area contributed by atoms with Crippen molar-refractivity contribution < 1.29 is 28.5 Å². The molecule has 2 rings (SSSR count). The van der Waals surface area contributed by atoms with E-state index in [2.05, 4.69) is 0 Å². The van der Waals surface area contributed by atoms with E-state index < -0.39 is 0 Å². The second-order valence-corrected chi connectivity index (χ2v) is 7.50. The van der Waals surface area contributed by atoms with E-state index in [0.717, 1.165) is 51.7 Å². The molecule has 0 amide bonds. The molecule has 0 bridgehead atoms. The van der Waals surface area contributed by atoms with Gasteiger partial charge in [0, 0.05) is 26.1 Å². The van der Waals surface area contributed by atoms with Gasteiger partial charge in [-0.2, -0.15) is 0 Å². The van der Waals surface area contributed by atoms with Crippen LogP contribution in [0, 0.1) is 0 Å². The van der Waals surface area contributed by atoms with Gasteiger partial charge in [-0.15, -0.1) is 0 Å². The van der Waals surface area contributed by atoms with E-state index in [1.165, 1.54) is 25.7 Å². The summed E-state index contributed by atoms with van der Waals surface area (Å²) in [5.74, 6) is -0.139. The molecule has 0 N–H and O–H groups in total. The maximum Gasteiger partial charge on any atom is 0.305 e. The fraction of sp³-hybridized carbons (Fsp3) is 0.909. The summed E-state index contributed by atoms with van der Waals surface area (Å²) in [5, 5.41) is 0. The first-order valence-electron chi connectivity index (χ1n) is 11.2. The molecule has 28 heavy (non-hydrogen) atoms. The zero-order chi connectivity index (χ0) is 20.5. The predicted molar refractivity (Wildman–Crippen MR) is 108 cm³/mol. The smallest absolute Gasteiger partial charge is 0.305 e. The van der Waals surface area contributed by atoms with E-state index in [-0.39, 0.29) is 11.9 Å². The van der Waals surface area contributed by atoms with Gasteiger partial charge in [-0.05, 0) is 64.2 Å². The minimum absolute atomic E-state index is 0.0696. The van der Waals surface area contributed by atoms with E-state index in [9.17, 15) is 9.59 Å². The molecular formula is C22H40O6. The van der Waals surface area contributed by atoms with Crippen molar-refractivity contribution in [2.24, 2.45) is 0 Å². The van der Waals surface area contributed by atoms with Crippen molar-refractivity contribution in [2.45, 2.75) is 103 Å². The van der Waals surface area contributed by atoms with Gasteiger partial charge in [0.2, 0.25) is 0 Å². The lowest BCUT2D eigenvalue weighted by molar-refractivity contribution is -0.144. The zero-order valence-electron chi connectivity index (χ0n) is 17.9. The predicted octanol–water partition coefficient (Wildman–Crippen LogP) is 4.58. The molecule has 6 nitrogen and oxygen atoms in total. The summed E-state index contributed by atoms with van der Waals surface area (Å²) in [6, 6.07) is 0. The van der Waals surface area contributed by atoms with Crippen LogP contribution in [0.5, 0.6) is 0 Å². The van der Waals surface area contributed by atoms with Gasteiger partial charge < -0.3 is 18.9 Å². The van der Waals surface area contributed by atoms with Gasteiger partial charge in [-0.1, -0.05) is 13.8 Å². The van der Waals surface area contributed by atoms with Crippen LogP contribution in [0.3, 0.4) is 0 Å². The summed E-state index contributed by atoms with van der Waals surface area (Å²) in [4.78, 5) is 22.0. The van der Waals surface area contributed by atoms with E-state index in [0.29, 0.717) is 38.3 Å². The highest BCUT2D eigenvalue weighted by Crippen LogP contribution is 2.17. The van der Waals surface area contributed by atoms with E-state index in [4.69, 9.17) is 18.9 Å². The highest BCUT2D eigenvalue weighted by atomic mass is 16.5. The summed E-state index contributed by atoms with van der Waals surface area (Å²) in [7, 11) is 0. The van der Waals surface area contributed by atoms with Crippen molar-refractivity contribution in [3.63, 3.8) is 0 Å². The molecule has 2 unspecified atom stereocenters. The maximum absolute atomic E-state index is 11.0. The van der Waals surface area contributed by atoms with Crippen molar-refractivity contribution in [1.82, 2.24) is 0 Å². The molecule has 2 aliphatic rings. The Labute approximate surface area is 170 Å². The monoisotopic (exact) mass is 400 g/mol. The maximum atomic E-state index is 11.0. The lowest BCUT2D eigenvalue weighted by atomic mass is 10.1. The molecule has 0 aromatic carbocycles. The minimum Gasteiger partial charge on any atom is -0.466 e. The Kier molecular flexibility index (Phi) is 14.9. The Morgan fingerprint density at radius 2 is 1.21 bits per heavy atom. The fourth-order valence-electron chi connectivity index (χ4n) is 3.29. The lowest BCUT2D eigenvalue weighted by Gasteiger charge is -2.08. The Morgan fingerprint density at radius 1 is 0.786 bits per heavy atom. The third kappa shape index (κ3) is 13.1.